The second kappa shape index (κ2) is 8.02. The average Bonchev–Trinajstić information content (AvgIpc) is 2.66. The highest BCUT2D eigenvalue weighted by atomic mass is 16.6. The molecule has 0 bridgehead atoms. The number of nitrogens with zero attached hydrogens (tertiary/aromatic N) is 1. The summed E-state index contributed by atoms with van der Waals surface area (Å²) in [6.45, 7) is -0.506. The van der Waals surface area contributed by atoms with Crippen molar-refractivity contribution in [2.45, 2.75) is 6.10 Å². The molecule has 1 amide bonds. The molecule has 0 unspecified atom stereocenters. The maximum atomic E-state index is 12.2. The van der Waals surface area contributed by atoms with Crippen molar-refractivity contribution in [1.29, 1.82) is 0 Å². The molecule has 1 atom stereocenters. The van der Waals surface area contributed by atoms with Crippen LogP contribution >= 0.6 is 0 Å². The zero-order valence-corrected chi connectivity index (χ0v) is 13.6. The standard InChI is InChI=1S/C18H16N2O6/c21-17(22)11-25-13-6-2-1-5-12(13)9-19-20-18(23)16-10-24-14-7-3-4-8-15(14)26-16/h1-9,16H,10-11H2,(H,20,23)(H,21,22)/p-1/b19-9+/t16-/m0/s1. The Hall–Kier alpha value is -3.55. The molecule has 0 fully saturated rings. The predicted octanol–water partition coefficient (Wildman–Crippen LogP) is 0.105. The fourth-order valence-corrected chi connectivity index (χ4v) is 2.24. The number of hydrazone groups is 1. The van der Waals surface area contributed by atoms with Crippen molar-refractivity contribution in [3.8, 4) is 17.2 Å². The number of carboxylic acids is 1. The fourth-order valence-electron chi connectivity index (χ4n) is 2.24. The minimum Gasteiger partial charge on any atom is -0.546 e. The summed E-state index contributed by atoms with van der Waals surface area (Å²) in [5, 5.41) is 14.4. The number of amides is 1. The van der Waals surface area contributed by atoms with Gasteiger partial charge in [-0.05, 0) is 24.3 Å². The molecule has 0 saturated heterocycles. The third-order valence-electron chi connectivity index (χ3n) is 3.44. The van der Waals surface area contributed by atoms with Crippen molar-refractivity contribution < 1.29 is 28.9 Å². The number of aliphatic carboxylic acids is 1. The van der Waals surface area contributed by atoms with Gasteiger partial charge in [-0.3, -0.25) is 4.79 Å². The molecule has 134 valence electrons. The summed E-state index contributed by atoms with van der Waals surface area (Å²) >= 11 is 0. The summed E-state index contributed by atoms with van der Waals surface area (Å²) in [6, 6.07) is 13.7. The molecule has 0 aliphatic carbocycles. The lowest BCUT2D eigenvalue weighted by Gasteiger charge is -2.24. The van der Waals surface area contributed by atoms with Gasteiger partial charge in [0.2, 0.25) is 6.10 Å². The van der Waals surface area contributed by atoms with E-state index in [1.54, 1.807) is 42.5 Å². The number of ether oxygens (including phenoxy) is 3. The molecule has 8 heteroatoms. The zero-order chi connectivity index (χ0) is 18.4. The normalized spacial score (nSPS) is 15.5. The summed E-state index contributed by atoms with van der Waals surface area (Å²) in [6.07, 6.45) is 0.520. The van der Waals surface area contributed by atoms with Crippen LogP contribution in [0, 0.1) is 0 Å². The molecule has 0 saturated carbocycles. The van der Waals surface area contributed by atoms with Gasteiger partial charge in [0.1, 0.15) is 19.0 Å². The van der Waals surface area contributed by atoms with E-state index in [4.69, 9.17) is 14.2 Å². The summed E-state index contributed by atoms with van der Waals surface area (Å²) in [4.78, 5) is 22.6. The van der Waals surface area contributed by atoms with Crippen molar-refractivity contribution in [2.24, 2.45) is 5.10 Å². The van der Waals surface area contributed by atoms with Crippen LogP contribution in [-0.2, 0) is 9.59 Å². The van der Waals surface area contributed by atoms with Gasteiger partial charge in [0.15, 0.2) is 11.5 Å². The molecule has 1 aliphatic heterocycles. The molecule has 0 spiro atoms. The van der Waals surface area contributed by atoms with E-state index in [0.29, 0.717) is 22.8 Å². The summed E-state index contributed by atoms with van der Waals surface area (Å²) in [7, 11) is 0. The first-order valence-electron chi connectivity index (χ1n) is 7.76. The Bertz CT molecular complexity index is 836. The number of carbonyl (C=O) groups excluding carboxylic acids is 2. The van der Waals surface area contributed by atoms with Crippen LogP contribution in [0.1, 0.15) is 5.56 Å². The van der Waals surface area contributed by atoms with Crippen LogP contribution in [0.5, 0.6) is 17.2 Å². The minimum absolute atomic E-state index is 0.0731. The van der Waals surface area contributed by atoms with Crippen LogP contribution in [0.25, 0.3) is 0 Å². The minimum atomic E-state index is -1.33. The lowest BCUT2D eigenvalue weighted by atomic mass is 10.2. The van der Waals surface area contributed by atoms with Crippen LogP contribution < -0.4 is 24.7 Å². The Kier molecular flexibility index (Phi) is 5.33. The van der Waals surface area contributed by atoms with E-state index in [2.05, 4.69) is 10.5 Å². The van der Waals surface area contributed by atoms with Crippen LogP contribution in [-0.4, -0.2) is 37.4 Å². The van der Waals surface area contributed by atoms with Crippen LogP contribution in [0.15, 0.2) is 53.6 Å². The smallest absolute Gasteiger partial charge is 0.284 e. The monoisotopic (exact) mass is 355 g/mol. The van der Waals surface area contributed by atoms with Crippen molar-refractivity contribution in [3.05, 3.63) is 54.1 Å². The molecule has 2 aromatic carbocycles. The van der Waals surface area contributed by atoms with Gasteiger partial charge in [0, 0.05) is 5.56 Å². The van der Waals surface area contributed by atoms with E-state index < -0.39 is 24.6 Å². The largest absolute Gasteiger partial charge is 0.546 e. The van der Waals surface area contributed by atoms with E-state index >= 15 is 0 Å². The summed E-state index contributed by atoms with van der Waals surface area (Å²) in [5.41, 5.74) is 2.87. The van der Waals surface area contributed by atoms with Crippen LogP contribution in [0.3, 0.4) is 0 Å². The third kappa shape index (κ3) is 4.29. The van der Waals surface area contributed by atoms with Crippen molar-refractivity contribution >= 4 is 18.1 Å². The average molecular weight is 355 g/mol. The Labute approximate surface area is 149 Å². The van der Waals surface area contributed by atoms with Gasteiger partial charge in [-0.15, -0.1) is 0 Å². The van der Waals surface area contributed by atoms with Crippen molar-refractivity contribution in [1.82, 2.24) is 5.43 Å². The maximum absolute atomic E-state index is 12.2. The van der Waals surface area contributed by atoms with E-state index in [1.807, 2.05) is 6.07 Å². The molecule has 1 N–H and O–H groups in total. The first-order valence-corrected chi connectivity index (χ1v) is 7.76. The van der Waals surface area contributed by atoms with Crippen LogP contribution in [0.2, 0.25) is 0 Å². The second-order valence-corrected chi connectivity index (χ2v) is 5.30. The van der Waals surface area contributed by atoms with E-state index in [0.717, 1.165) is 0 Å². The highest BCUT2D eigenvalue weighted by Crippen LogP contribution is 2.30. The second-order valence-electron chi connectivity index (χ2n) is 5.30. The number of benzene rings is 2. The topological polar surface area (TPSA) is 109 Å². The number of carboxylic acid groups (broad SMARTS) is 1. The third-order valence-corrected chi connectivity index (χ3v) is 3.44. The fraction of sp³-hybridized carbons (Fsp3) is 0.167. The number of hydrogen-bond acceptors (Lipinski definition) is 7. The SMILES string of the molecule is O=C([O-])COc1ccccc1/C=N/NC(=O)[C@@H]1COc2ccccc2O1. The molecule has 0 radical (unpaired) electrons. The highest BCUT2D eigenvalue weighted by Gasteiger charge is 2.26. The molecule has 1 heterocycles. The molecular formula is C18H15N2O6-. The predicted molar refractivity (Wildman–Crippen MR) is 89.0 cm³/mol. The lowest BCUT2D eigenvalue weighted by Crippen LogP contribution is -2.42. The Morgan fingerprint density at radius 1 is 1.19 bits per heavy atom. The van der Waals surface area contributed by atoms with Gasteiger partial charge in [0.25, 0.3) is 5.91 Å². The molecular weight excluding hydrogens is 340 g/mol. The van der Waals surface area contributed by atoms with E-state index in [1.165, 1.54) is 6.21 Å². The van der Waals surface area contributed by atoms with Crippen LogP contribution in [0.4, 0.5) is 0 Å². The molecule has 8 nitrogen and oxygen atoms in total. The number of rotatable bonds is 6. The number of nitrogens with one attached hydrogen (secondary N) is 1. The molecule has 26 heavy (non-hydrogen) atoms. The number of hydrogen-bond donors (Lipinski definition) is 1. The van der Waals surface area contributed by atoms with Crippen molar-refractivity contribution in [3.63, 3.8) is 0 Å². The Morgan fingerprint density at radius 3 is 2.73 bits per heavy atom. The number of fused-ring (bicyclic) bond motifs is 1. The first kappa shape index (κ1) is 17.3. The maximum Gasteiger partial charge on any atom is 0.284 e. The summed E-state index contributed by atoms with van der Waals surface area (Å²) in [5.74, 6) is -0.424. The Balaban J connectivity index is 1.59. The first-order chi connectivity index (χ1) is 12.6. The van der Waals surface area contributed by atoms with Gasteiger partial charge in [-0.25, -0.2) is 5.43 Å². The molecule has 1 aliphatic rings. The van der Waals surface area contributed by atoms with Gasteiger partial charge >= 0.3 is 0 Å². The zero-order valence-electron chi connectivity index (χ0n) is 13.6. The van der Waals surface area contributed by atoms with E-state index in [9.17, 15) is 14.7 Å². The van der Waals surface area contributed by atoms with Gasteiger partial charge in [-0.1, -0.05) is 24.3 Å². The highest BCUT2D eigenvalue weighted by molar-refractivity contribution is 5.86. The molecule has 3 rings (SSSR count). The van der Waals surface area contributed by atoms with Gasteiger partial charge in [0.05, 0.1) is 12.2 Å². The van der Waals surface area contributed by atoms with Gasteiger partial charge < -0.3 is 24.1 Å². The molecule has 0 aromatic heterocycles. The summed E-state index contributed by atoms with van der Waals surface area (Å²) < 4.78 is 16.2. The number of carbonyl (C=O) groups is 2. The molecule has 2 aromatic rings. The number of para-hydroxylation sites is 3. The van der Waals surface area contributed by atoms with Gasteiger partial charge in [-0.2, -0.15) is 5.10 Å². The quantitative estimate of drug-likeness (QED) is 0.582. The van der Waals surface area contributed by atoms with Crippen molar-refractivity contribution in [2.75, 3.05) is 13.2 Å². The Morgan fingerprint density at radius 2 is 1.92 bits per heavy atom. The lowest BCUT2D eigenvalue weighted by molar-refractivity contribution is -0.307. The van der Waals surface area contributed by atoms with E-state index in [-0.39, 0.29) is 6.61 Å².